The molecular formula is C23H19ClN2O3S2. The van der Waals surface area contributed by atoms with E-state index < -0.39 is 21.5 Å². The first-order valence-corrected chi connectivity index (χ1v) is 12.5. The first-order chi connectivity index (χ1) is 14.8. The average molecular weight is 471 g/mol. The van der Waals surface area contributed by atoms with Crippen LogP contribution in [0.5, 0.6) is 0 Å². The van der Waals surface area contributed by atoms with E-state index in [9.17, 15) is 13.2 Å². The average Bonchev–Trinajstić information content (AvgIpc) is 3.12. The Hall–Kier alpha value is -2.74. The van der Waals surface area contributed by atoms with Gasteiger partial charge in [-0.2, -0.15) is 0 Å². The molecule has 158 valence electrons. The molecular weight excluding hydrogens is 452 g/mol. The highest BCUT2D eigenvalue weighted by atomic mass is 35.5. The Bertz CT molecular complexity index is 1350. The second-order valence-corrected chi connectivity index (χ2v) is 10.8. The lowest BCUT2D eigenvalue weighted by Gasteiger charge is -2.07. The van der Waals surface area contributed by atoms with Gasteiger partial charge in [0.25, 0.3) is 0 Å². The van der Waals surface area contributed by atoms with Gasteiger partial charge in [0.2, 0.25) is 5.91 Å². The molecule has 1 N–H and O–H groups in total. The van der Waals surface area contributed by atoms with Crippen molar-refractivity contribution in [1.29, 1.82) is 0 Å². The summed E-state index contributed by atoms with van der Waals surface area (Å²) in [6.45, 7) is 2.05. The van der Waals surface area contributed by atoms with Crippen LogP contribution < -0.4 is 5.32 Å². The smallest absolute Gasteiger partial charge is 0.239 e. The normalized spacial score (nSPS) is 11.5. The van der Waals surface area contributed by atoms with Gasteiger partial charge in [-0.1, -0.05) is 29.8 Å². The molecule has 0 unspecified atom stereocenters. The number of anilines is 1. The number of nitrogens with zero attached hydrogens (tertiary/aromatic N) is 1. The minimum atomic E-state index is -3.60. The fourth-order valence-electron chi connectivity index (χ4n) is 3.13. The zero-order valence-corrected chi connectivity index (χ0v) is 19.0. The lowest BCUT2D eigenvalue weighted by molar-refractivity contribution is -0.113. The maximum absolute atomic E-state index is 12.3. The molecule has 0 radical (unpaired) electrons. The number of fused-ring (bicyclic) bond motifs is 1. The highest BCUT2D eigenvalue weighted by Gasteiger charge is 2.18. The van der Waals surface area contributed by atoms with Gasteiger partial charge in [-0.25, -0.2) is 13.4 Å². The largest absolute Gasteiger partial charge is 0.325 e. The number of hydrogen-bond acceptors (Lipinski definition) is 5. The zero-order chi connectivity index (χ0) is 22.0. The van der Waals surface area contributed by atoms with Crippen LogP contribution in [-0.2, 0) is 20.4 Å². The third-order valence-electron chi connectivity index (χ3n) is 4.61. The maximum atomic E-state index is 12.3. The van der Waals surface area contributed by atoms with Gasteiger partial charge in [-0.3, -0.25) is 4.79 Å². The molecule has 8 heteroatoms. The van der Waals surface area contributed by atoms with Crippen molar-refractivity contribution >= 4 is 54.6 Å². The maximum Gasteiger partial charge on any atom is 0.239 e. The van der Waals surface area contributed by atoms with E-state index >= 15 is 0 Å². The van der Waals surface area contributed by atoms with E-state index in [0.717, 1.165) is 20.8 Å². The summed E-state index contributed by atoms with van der Waals surface area (Å²) in [7, 11) is -3.60. The van der Waals surface area contributed by atoms with E-state index in [2.05, 4.69) is 16.4 Å². The number of carbonyl (C=O) groups excluding carboxylic acids is 1. The van der Waals surface area contributed by atoms with Crippen molar-refractivity contribution in [1.82, 2.24) is 4.98 Å². The van der Waals surface area contributed by atoms with Crippen molar-refractivity contribution in [2.75, 3.05) is 11.1 Å². The molecule has 0 aliphatic carbocycles. The predicted molar refractivity (Wildman–Crippen MR) is 127 cm³/mol. The van der Waals surface area contributed by atoms with Crippen LogP contribution in [0, 0.1) is 6.92 Å². The van der Waals surface area contributed by atoms with Crippen molar-refractivity contribution in [3.63, 3.8) is 0 Å². The molecule has 0 fully saturated rings. The Balaban J connectivity index is 1.40. The van der Waals surface area contributed by atoms with Crippen molar-refractivity contribution in [2.45, 2.75) is 12.7 Å². The molecule has 0 atom stereocenters. The molecule has 3 aromatic carbocycles. The zero-order valence-electron chi connectivity index (χ0n) is 16.6. The summed E-state index contributed by atoms with van der Waals surface area (Å²) in [5.74, 6) is -1.38. The standard InChI is InChI=1S/C23H19ClN2O3S2/c1-15-2-11-20-21(12-15)30-23(26-20)17-5-9-19(10-6-17)25-22(27)14-31(28,29)13-16-3-7-18(24)8-4-16/h2-12H,13-14H2,1H3,(H,25,27). The summed E-state index contributed by atoms with van der Waals surface area (Å²) >= 11 is 7.43. The van der Waals surface area contributed by atoms with Crippen LogP contribution in [0.2, 0.25) is 5.02 Å². The number of rotatable bonds is 6. The molecule has 0 saturated carbocycles. The van der Waals surface area contributed by atoms with Crippen LogP contribution >= 0.6 is 22.9 Å². The Morgan fingerprint density at radius 3 is 2.45 bits per heavy atom. The molecule has 31 heavy (non-hydrogen) atoms. The second-order valence-electron chi connectivity index (χ2n) is 7.27. The number of amides is 1. The number of aryl methyl sites for hydroxylation is 1. The van der Waals surface area contributed by atoms with Crippen molar-refractivity contribution in [3.05, 3.63) is 82.9 Å². The van der Waals surface area contributed by atoms with Gasteiger partial charge in [0.1, 0.15) is 10.8 Å². The van der Waals surface area contributed by atoms with E-state index in [1.807, 2.05) is 31.2 Å². The Morgan fingerprint density at radius 2 is 1.74 bits per heavy atom. The van der Waals surface area contributed by atoms with E-state index in [4.69, 9.17) is 11.6 Å². The van der Waals surface area contributed by atoms with Gasteiger partial charge in [-0.05, 0) is 66.6 Å². The third-order valence-corrected chi connectivity index (χ3v) is 7.40. The molecule has 0 aliphatic rings. The monoisotopic (exact) mass is 470 g/mol. The van der Waals surface area contributed by atoms with Gasteiger partial charge in [0, 0.05) is 16.3 Å². The number of aromatic nitrogens is 1. The molecule has 4 aromatic rings. The molecule has 1 aromatic heterocycles. The minimum Gasteiger partial charge on any atom is -0.325 e. The Morgan fingerprint density at radius 1 is 1.03 bits per heavy atom. The number of sulfone groups is 1. The lowest BCUT2D eigenvalue weighted by atomic mass is 10.2. The molecule has 4 rings (SSSR count). The lowest BCUT2D eigenvalue weighted by Crippen LogP contribution is -2.23. The number of carbonyl (C=O) groups is 1. The van der Waals surface area contributed by atoms with Gasteiger partial charge >= 0.3 is 0 Å². The van der Waals surface area contributed by atoms with E-state index in [0.29, 0.717) is 16.3 Å². The van der Waals surface area contributed by atoms with Crippen LogP contribution in [0.25, 0.3) is 20.8 Å². The summed E-state index contributed by atoms with van der Waals surface area (Å²) in [5.41, 5.74) is 4.20. The van der Waals surface area contributed by atoms with Gasteiger partial charge in [-0.15, -0.1) is 11.3 Å². The van der Waals surface area contributed by atoms with E-state index in [1.54, 1.807) is 47.7 Å². The highest BCUT2D eigenvalue weighted by Crippen LogP contribution is 2.31. The quantitative estimate of drug-likeness (QED) is 0.405. The van der Waals surface area contributed by atoms with Gasteiger partial charge in [0.05, 0.1) is 16.0 Å². The molecule has 0 bridgehead atoms. The molecule has 0 aliphatic heterocycles. The first kappa shape index (κ1) is 21.5. The van der Waals surface area contributed by atoms with Crippen molar-refractivity contribution in [3.8, 4) is 10.6 Å². The number of halogens is 1. The molecule has 1 heterocycles. The summed E-state index contributed by atoms with van der Waals surface area (Å²) < 4.78 is 25.8. The van der Waals surface area contributed by atoms with Crippen LogP contribution in [-0.4, -0.2) is 25.1 Å². The summed E-state index contributed by atoms with van der Waals surface area (Å²) in [5, 5.41) is 4.07. The van der Waals surface area contributed by atoms with Crippen LogP contribution in [0.4, 0.5) is 5.69 Å². The van der Waals surface area contributed by atoms with E-state index in [-0.39, 0.29) is 5.75 Å². The fourth-order valence-corrected chi connectivity index (χ4v) is 5.60. The van der Waals surface area contributed by atoms with Crippen LogP contribution in [0.15, 0.2) is 66.7 Å². The number of hydrogen-bond donors (Lipinski definition) is 1. The predicted octanol–water partition coefficient (Wildman–Crippen LogP) is 5.48. The van der Waals surface area contributed by atoms with E-state index in [1.165, 1.54) is 5.56 Å². The summed E-state index contributed by atoms with van der Waals surface area (Å²) in [6.07, 6.45) is 0. The molecule has 1 amide bonds. The van der Waals surface area contributed by atoms with Gasteiger partial charge < -0.3 is 5.32 Å². The molecule has 0 saturated heterocycles. The number of nitrogens with one attached hydrogen (secondary N) is 1. The van der Waals surface area contributed by atoms with Crippen LogP contribution in [0.3, 0.4) is 0 Å². The van der Waals surface area contributed by atoms with Gasteiger partial charge in [0.15, 0.2) is 9.84 Å². The van der Waals surface area contributed by atoms with Crippen molar-refractivity contribution < 1.29 is 13.2 Å². The highest BCUT2D eigenvalue weighted by molar-refractivity contribution is 7.91. The topological polar surface area (TPSA) is 76.1 Å². The Labute approximate surface area is 189 Å². The fraction of sp³-hybridized carbons (Fsp3) is 0.130. The summed E-state index contributed by atoms with van der Waals surface area (Å²) in [6, 6.07) is 19.9. The first-order valence-electron chi connectivity index (χ1n) is 9.50. The molecule has 0 spiro atoms. The summed E-state index contributed by atoms with van der Waals surface area (Å²) in [4.78, 5) is 16.9. The second kappa shape index (κ2) is 8.78. The number of benzene rings is 3. The molecule has 5 nitrogen and oxygen atoms in total. The minimum absolute atomic E-state index is 0.215. The van der Waals surface area contributed by atoms with Crippen molar-refractivity contribution in [2.24, 2.45) is 0 Å². The SMILES string of the molecule is Cc1ccc2nc(-c3ccc(NC(=O)CS(=O)(=O)Cc4ccc(Cl)cc4)cc3)sc2c1. The number of thiazole rings is 1. The Kier molecular flexibility index (Phi) is 6.09. The third kappa shape index (κ3) is 5.50. The van der Waals surface area contributed by atoms with Crippen LogP contribution in [0.1, 0.15) is 11.1 Å².